The highest BCUT2D eigenvalue weighted by Crippen LogP contribution is 2.21. The topological polar surface area (TPSA) is 112 Å². The molecule has 1 atom stereocenters. The lowest BCUT2D eigenvalue weighted by Crippen LogP contribution is -2.42. The summed E-state index contributed by atoms with van der Waals surface area (Å²) in [6, 6.07) is 3.65. The molecule has 1 unspecified atom stereocenters. The summed E-state index contributed by atoms with van der Waals surface area (Å²) in [4.78, 5) is 21.6. The number of carbonyl (C=O) groups is 2. The van der Waals surface area contributed by atoms with Gasteiger partial charge >= 0.3 is 11.9 Å². The Kier molecular flexibility index (Phi) is 4.15. The maximum atomic E-state index is 11.6. The van der Waals surface area contributed by atoms with Crippen molar-refractivity contribution in [1.82, 2.24) is 0 Å². The first kappa shape index (κ1) is 15.0. The number of carboxylic acid groups (broad SMARTS) is 2. The number of hydrogen-bond acceptors (Lipinski definition) is 4. The van der Waals surface area contributed by atoms with Crippen LogP contribution in [0.5, 0.6) is 0 Å². The van der Waals surface area contributed by atoms with E-state index in [4.69, 9.17) is 10.2 Å². The first-order valence-corrected chi connectivity index (χ1v) is 7.05. The van der Waals surface area contributed by atoms with Gasteiger partial charge in [0.1, 0.15) is 6.04 Å². The van der Waals surface area contributed by atoms with Gasteiger partial charge in [-0.15, -0.1) is 0 Å². The van der Waals surface area contributed by atoms with E-state index < -0.39 is 28.0 Å². The lowest BCUT2D eigenvalue weighted by atomic mass is 10.2. The fourth-order valence-corrected chi connectivity index (χ4v) is 2.72. The zero-order valence-corrected chi connectivity index (χ0v) is 11.1. The summed E-state index contributed by atoms with van der Waals surface area (Å²) < 4.78 is 24.0. The Bertz CT molecular complexity index is 592. The molecule has 0 saturated carbocycles. The average Bonchev–Trinajstić information content (AvgIpc) is 2.27. The highest BCUT2D eigenvalue weighted by atomic mass is 32.2. The van der Waals surface area contributed by atoms with Crippen molar-refractivity contribution < 1.29 is 28.2 Å². The largest absolute Gasteiger partial charge is 0.480 e. The standard InChI is InChI=1S/C11H13NO6S/c1-7(10(13)14)12(19(2,17)18)9-5-3-8(4-6-9)11(15)16/h3-7H,1-2H3,(H,13,14)(H,15,16). The van der Waals surface area contributed by atoms with Crippen LogP contribution >= 0.6 is 0 Å². The van der Waals surface area contributed by atoms with Crippen molar-refractivity contribution in [1.29, 1.82) is 0 Å². The smallest absolute Gasteiger partial charge is 0.335 e. The molecule has 7 nitrogen and oxygen atoms in total. The summed E-state index contributed by atoms with van der Waals surface area (Å²) in [5, 5.41) is 17.7. The van der Waals surface area contributed by atoms with Gasteiger partial charge in [0, 0.05) is 0 Å². The molecule has 0 heterocycles. The van der Waals surface area contributed by atoms with E-state index in [0.29, 0.717) is 0 Å². The predicted molar refractivity (Wildman–Crippen MR) is 67.8 cm³/mol. The van der Waals surface area contributed by atoms with Crippen molar-refractivity contribution >= 4 is 27.6 Å². The molecule has 0 bridgehead atoms. The van der Waals surface area contributed by atoms with Crippen molar-refractivity contribution in [2.75, 3.05) is 10.6 Å². The second kappa shape index (κ2) is 5.27. The Labute approximate surface area is 110 Å². The normalized spacial score (nSPS) is 12.7. The molecule has 0 aliphatic rings. The average molecular weight is 287 g/mol. The lowest BCUT2D eigenvalue weighted by Gasteiger charge is -2.26. The van der Waals surface area contributed by atoms with Crippen LogP contribution in [0.15, 0.2) is 24.3 Å². The van der Waals surface area contributed by atoms with Gasteiger partial charge < -0.3 is 10.2 Å². The van der Waals surface area contributed by atoms with Gasteiger partial charge in [-0.25, -0.2) is 18.0 Å². The predicted octanol–water partition coefficient (Wildman–Crippen LogP) is 0.624. The SMILES string of the molecule is CC(C(=O)O)N(c1ccc(C(=O)O)cc1)S(C)(=O)=O. The number of sulfonamides is 1. The Morgan fingerprint density at radius 3 is 1.95 bits per heavy atom. The van der Waals surface area contributed by atoms with Crippen LogP contribution in [-0.2, 0) is 14.8 Å². The first-order chi connectivity index (χ1) is 8.64. The molecular formula is C11H13NO6S. The summed E-state index contributed by atoms with van der Waals surface area (Å²) >= 11 is 0. The van der Waals surface area contributed by atoms with Gasteiger partial charge in [0.15, 0.2) is 0 Å². The van der Waals surface area contributed by atoms with E-state index in [0.717, 1.165) is 10.6 Å². The maximum Gasteiger partial charge on any atom is 0.335 e. The third-order valence-corrected chi connectivity index (χ3v) is 3.68. The van der Waals surface area contributed by atoms with Crippen molar-refractivity contribution in [3.63, 3.8) is 0 Å². The summed E-state index contributed by atoms with van der Waals surface area (Å²) in [5.41, 5.74) is 0.0857. The fraction of sp³-hybridized carbons (Fsp3) is 0.273. The minimum atomic E-state index is -3.79. The number of nitrogens with zero attached hydrogens (tertiary/aromatic N) is 1. The number of anilines is 1. The van der Waals surface area contributed by atoms with Gasteiger partial charge in [-0.2, -0.15) is 0 Å². The van der Waals surface area contributed by atoms with E-state index in [1.165, 1.54) is 31.2 Å². The van der Waals surface area contributed by atoms with Gasteiger partial charge in [0.05, 0.1) is 17.5 Å². The third kappa shape index (κ3) is 3.44. The second-order valence-electron chi connectivity index (χ2n) is 3.93. The molecule has 0 fully saturated rings. The number of carboxylic acids is 2. The van der Waals surface area contributed by atoms with Crippen LogP contribution in [-0.4, -0.2) is 42.9 Å². The van der Waals surface area contributed by atoms with E-state index in [-0.39, 0.29) is 11.3 Å². The van der Waals surface area contributed by atoms with Crippen molar-refractivity contribution in [3.8, 4) is 0 Å². The number of benzene rings is 1. The molecule has 1 rings (SSSR count). The number of rotatable bonds is 5. The summed E-state index contributed by atoms with van der Waals surface area (Å²) in [6.07, 6.45) is 0.886. The van der Waals surface area contributed by atoms with Crippen LogP contribution < -0.4 is 4.31 Å². The van der Waals surface area contributed by atoms with E-state index in [2.05, 4.69) is 0 Å². The lowest BCUT2D eigenvalue weighted by molar-refractivity contribution is -0.137. The molecule has 1 aromatic carbocycles. The molecule has 0 spiro atoms. The van der Waals surface area contributed by atoms with Gasteiger partial charge in [0.2, 0.25) is 10.0 Å². The maximum absolute atomic E-state index is 11.6. The number of hydrogen-bond donors (Lipinski definition) is 2. The van der Waals surface area contributed by atoms with Crippen molar-refractivity contribution in [2.24, 2.45) is 0 Å². The van der Waals surface area contributed by atoms with Crippen LogP contribution in [0.25, 0.3) is 0 Å². The monoisotopic (exact) mass is 287 g/mol. The Morgan fingerprint density at radius 2 is 1.63 bits per heavy atom. The van der Waals surface area contributed by atoms with Crippen LogP contribution in [0.2, 0.25) is 0 Å². The molecule has 0 aromatic heterocycles. The zero-order chi connectivity index (χ0) is 14.8. The molecule has 0 radical (unpaired) electrons. The molecule has 0 saturated heterocycles. The van der Waals surface area contributed by atoms with E-state index in [9.17, 15) is 18.0 Å². The summed E-state index contributed by atoms with van der Waals surface area (Å²) in [6.45, 7) is 1.23. The van der Waals surface area contributed by atoms with Gasteiger partial charge in [-0.3, -0.25) is 4.31 Å². The van der Waals surface area contributed by atoms with Gasteiger partial charge in [-0.1, -0.05) is 0 Å². The molecular weight excluding hydrogens is 274 g/mol. The Hall–Kier alpha value is -2.09. The molecule has 0 aliphatic heterocycles. The molecule has 8 heteroatoms. The Morgan fingerprint density at radius 1 is 1.16 bits per heavy atom. The van der Waals surface area contributed by atoms with Crippen molar-refractivity contribution in [3.05, 3.63) is 29.8 Å². The van der Waals surface area contributed by atoms with E-state index >= 15 is 0 Å². The molecule has 104 valence electrons. The highest BCUT2D eigenvalue weighted by Gasteiger charge is 2.28. The Balaban J connectivity index is 3.27. The summed E-state index contributed by atoms with van der Waals surface area (Å²) in [7, 11) is -3.79. The third-order valence-electron chi connectivity index (χ3n) is 2.44. The minimum Gasteiger partial charge on any atom is -0.480 e. The first-order valence-electron chi connectivity index (χ1n) is 5.20. The van der Waals surface area contributed by atoms with E-state index in [1.807, 2.05) is 0 Å². The van der Waals surface area contributed by atoms with Crippen molar-refractivity contribution in [2.45, 2.75) is 13.0 Å². The number of aromatic carboxylic acids is 1. The minimum absolute atomic E-state index is 0.0137. The molecule has 1 aromatic rings. The molecule has 0 amide bonds. The fourth-order valence-electron chi connectivity index (χ4n) is 1.55. The highest BCUT2D eigenvalue weighted by molar-refractivity contribution is 7.92. The van der Waals surface area contributed by atoms with Gasteiger partial charge in [-0.05, 0) is 31.2 Å². The van der Waals surface area contributed by atoms with E-state index in [1.54, 1.807) is 0 Å². The number of aliphatic carboxylic acids is 1. The van der Waals surface area contributed by atoms with Crippen LogP contribution in [0, 0.1) is 0 Å². The van der Waals surface area contributed by atoms with Gasteiger partial charge in [0.25, 0.3) is 0 Å². The molecule has 19 heavy (non-hydrogen) atoms. The quantitative estimate of drug-likeness (QED) is 0.821. The van der Waals surface area contributed by atoms with Crippen LogP contribution in [0.3, 0.4) is 0 Å². The zero-order valence-electron chi connectivity index (χ0n) is 10.3. The second-order valence-corrected chi connectivity index (χ2v) is 5.78. The molecule has 2 N–H and O–H groups in total. The van der Waals surface area contributed by atoms with Crippen LogP contribution in [0.4, 0.5) is 5.69 Å². The van der Waals surface area contributed by atoms with Crippen LogP contribution in [0.1, 0.15) is 17.3 Å². The molecule has 0 aliphatic carbocycles. The summed E-state index contributed by atoms with van der Waals surface area (Å²) in [5.74, 6) is -2.45.